The van der Waals surface area contributed by atoms with Crippen LogP contribution in [0.1, 0.15) is 27.8 Å². The summed E-state index contributed by atoms with van der Waals surface area (Å²) in [5, 5.41) is 12.1. The highest BCUT2D eigenvalue weighted by molar-refractivity contribution is 5.66. The number of rotatable bonds is 4. The van der Waals surface area contributed by atoms with Gasteiger partial charge in [-0.2, -0.15) is 5.26 Å². The van der Waals surface area contributed by atoms with E-state index in [9.17, 15) is 9.59 Å². The van der Waals surface area contributed by atoms with E-state index in [1.165, 1.54) is 11.6 Å². The first-order valence-electron chi connectivity index (χ1n) is 8.94. The van der Waals surface area contributed by atoms with E-state index >= 15 is 0 Å². The number of nitrogens with zero attached hydrogens (tertiary/aromatic N) is 3. The fourth-order valence-corrected chi connectivity index (χ4v) is 3.32. The summed E-state index contributed by atoms with van der Waals surface area (Å²) < 4.78 is 2.59. The third kappa shape index (κ3) is 3.74. The Morgan fingerprint density at radius 2 is 1.64 bits per heavy atom. The van der Waals surface area contributed by atoms with Crippen LogP contribution in [0.5, 0.6) is 0 Å². The molecule has 0 aliphatic carbocycles. The number of anilines is 2. The van der Waals surface area contributed by atoms with Gasteiger partial charge in [0.1, 0.15) is 5.69 Å². The normalized spacial score (nSPS) is 10.5. The quantitative estimate of drug-likeness (QED) is 0.761. The first-order valence-corrected chi connectivity index (χ1v) is 8.94. The van der Waals surface area contributed by atoms with Gasteiger partial charge in [0.05, 0.1) is 18.2 Å². The molecule has 0 radical (unpaired) electrons. The molecule has 0 spiro atoms. The zero-order valence-corrected chi connectivity index (χ0v) is 16.4. The van der Waals surface area contributed by atoms with Crippen molar-refractivity contribution >= 4 is 11.4 Å². The Balaban J connectivity index is 2.02. The lowest BCUT2D eigenvalue weighted by Crippen LogP contribution is -2.38. The highest BCUT2D eigenvalue weighted by atomic mass is 16.2. The molecule has 0 bridgehead atoms. The minimum Gasteiger partial charge on any atom is -0.349 e. The topological polar surface area (TPSA) is 79.8 Å². The molecule has 0 saturated carbocycles. The van der Waals surface area contributed by atoms with Crippen molar-refractivity contribution in [2.24, 2.45) is 7.05 Å². The van der Waals surface area contributed by atoms with E-state index < -0.39 is 5.69 Å². The maximum Gasteiger partial charge on any atom is 0.331 e. The first-order chi connectivity index (χ1) is 13.3. The van der Waals surface area contributed by atoms with E-state index in [0.29, 0.717) is 17.8 Å². The van der Waals surface area contributed by atoms with Gasteiger partial charge >= 0.3 is 5.69 Å². The summed E-state index contributed by atoms with van der Waals surface area (Å²) in [6.07, 6.45) is 1.56. The van der Waals surface area contributed by atoms with Crippen molar-refractivity contribution in [3.05, 3.63) is 91.3 Å². The molecule has 0 unspecified atom stereocenters. The van der Waals surface area contributed by atoms with Gasteiger partial charge in [-0.1, -0.05) is 29.8 Å². The third-order valence-corrected chi connectivity index (χ3v) is 4.73. The molecule has 0 aliphatic rings. The van der Waals surface area contributed by atoms with Crippen LogP contribution in [0, 0.1) is 32.1 Å². The molecule has 6 heteroatoms. The summed E-state index contributed by atoms with van der Waals surface area (Å²) >= 11 is 0. The highest BCUT2D eigenvalue weighted by Crippen LogP contribution is 2.24. The minimum atomic E-state index is -0.391. The van der Waals surface area contributed by atoms with Gasteiger partial charge in [-0.15, -0.1) is 0 Å². The van der Waals surface area contributed by atoms with Crippen LogP contribution in [0.25, 0.3) is 0 Å². The molecular weight excluding hydrogens is 352 g/mol. The number of benzene rings is 2. The molecule has 0 atom stereocenters. The number of hydrogen-bond acceptors (Lipinski definition) is 4. The second-order valence-corrected chi connectivity index (χ2v) is 7.02. The molecule has 0 aliphatic heterocycles. The van der Waals surface area contributed by atoms with Crippen molar-refractivity contribution in [3.8, 4) is 6.07 Å². The van der Waals surface area contributed by atoms with Crippen LogP contribution in [0.4, 0.5) is 11.4 Å². The molecule has 1 heterocycles. The highest BCUT2D eigenvalue weighted by Gasteiger charge is 2.12. The van der Waals surface area contributed by atoms with Gasteiger partial charge in [0, 0.05) is 18.9 Å². The number of aryl methyl sites for hydroxylation is 3. The SMILES string of the molecule is Cc1cc(C)c(Nc2cn(Cc3ccc(C#N)cc3)c(=O)n(C)c2=O)c(C)c1. The number of nitrogens with one attached hydrogen (secondary N) is 1. The number of nitriles is 1. The van der Waals surface area contributed by atoms with Crippen molar-refractivity contribution in [2.75, 3.05) is 5.32 Å². The van der Waals surface area contributed by atoms with Crippen molar-refractivity contribution in [1.82, 2.24) is 9.13 Å². The Morgan fingerprint density at radius 3 is 2.21 bits per heavy atom. The zero-order chi connectivity index (χ0) is 20.4. The summed E-state index contributed by atoms with van der Waals surface area (Å²) in [6, 6.07) is 13.2. The van der Waals surface area contributed by atoms with Crippen LogP contribution in [0.2, 0.25) is 0 Å². The van der Waals surface area contributed by atoms with Gasteiger partial charge in [-0.3, -0.25) is 13.9 Å². The Labute approximate surface area is 163 Å². The lowest BCUT2D eigenvalue weighted by Gasteiger charge is -2.16. The van der Waals surface area contributed by atoms with E-state index in [4.69, 9.17) is 5.26 Å². The van der Waals surface area contributed by atoms with E-state index in [-0.39, 0.29) is 5.56 Å². The van der Waals surface area contributed by atoms with Crippen molar-refractivity contribution in [2.45, 2.75) is 27.3 Å². The standard InChI is InChI=1S/C22H22N4O2/c1-14-9-15(2)20(16(3)10-14)24-19-13-26(22(28)25(4)21(19)27)12-18-7-5-17(11-23)6-8-18/h5-10,13,24H,12H2,1-4H3. The van der Waals surface area contributed by atoms with Gasteiger partial charge in [0.2, 0.25) is 0 Å². The molecule has 28 heavy (non-hydrogen) atoms. The lowest BCUT2D eigenvalue weighted by molar-refractivity contribution is 0.648. The summed E-state index contributed by atoms with van der Waals surface area (Å²) in [6.45, 7) is 6.30. The Morgan fingerprint density at radius 1 is 1.04 bits per heavy atom. The molecule has 1 aromatic heterocycles. The van der Waals surface area contributed by atoms with Gasteiger partial charge in [-0.25, -0.2) is 4.79 Å². The molecule has 142 valence electrons. The molecule has 0 saturated heterocycles. The fraction of sp³-hybridized carbons (Fsp3) is 0.227. The van der Waals surface area contributed by atoms with E-state index in [1.54, 1.807) is 30.5 Å². The van der Waals surface area contributed by atoms with Crippen molar-refractivity contribution in [1.29, 1.82) is 5.26 Å². The molecule has 0 fully saturated rings. The van der Waals surface area contributed by atoms with Crippen LogP contribution in [0.15, 0.2) is 52.2 Å². The molecule has 6 nitrogen and oxygen atoms in total. The first kappa shape index (κ1) is 19.2. The maximum absolute atomic E-state index is 12.6. The molecule has 3 rings (SSSR count). The number of aromatic nitrogens is 2. The summed E-state index contributed by atoms with van der Waals surface area (Å²) in [4.78, 5) is 25.2. The Bertz CT molecular complexity index is 1170. The second-order valence-electron chi connectivity index (χ2n) is 7.02. The molecule has 3 aromatic rings. The van der Waals surface area contributed by atoms with Gasteiger partial charge in [0.25, 0.3) is 5.56 Å². The zero-order valence-electron chi connectivity index (χ0n) is 16.4. The second kappa shape index (κ2) is 7.57. The summed E-state index contributed by atoms with van der Waals surface area (Å²) in [5.41, 5.74) is 5.08. The van der Waals surface area contributed by atoms with Gasteiger partial charge in [0.15, 0.2) is 0 Å². The van der Waals surface area contributed by atoms with Crippen molar-refractivity contribution in [3.63, 3.8) is 0 Å². The van der Waals surface area contributed by atoms with Gasteiger partial charge in [-0.05, 0) is 49.6 Å². The molecule has 2 aromatic carbocycles. The fourth-order valence-electron chi connectivity index (χ4n) is 3.32. The van der Waals surface area contributed by atoms with Crippen LogP contribution < -0.4 is 16.6 Å². The largest absolute Gasteiger partial charge is 0.349 e. The predicted octanol–water partition coefficient (Wildman–Crippen LogP) is 3.14. The Hall–Kier alpha value is -3.59. The predicted molar refractivity (Wildman–Crippen MR) is 110 cm³/mol. The Kier molecular flexibility index (Phi) is 5.18. The van der Waals surface area contributed by atoms with Crippen LogP contribution >= 0.6 is 0 Å². The van der Waals surface area contributed by atoms with Crippen LogP contribution in [-0.4, -0.2) is 9.13 Å². The lowest BCUT2D eigenvalue weighted by atomic mass is 10.1. The summed E-state index contributed by atoms with van der Waals surface area (Å²) in [5.74, 6) is 0. The van der Waals surface area contributed by atoms with Crippen LogP contribution in [-0.2, 0) is 13.6 Å². The summed E-state index contributed by atoms with van der Waals surface area (Å²) in [7, 11) is 1.47. The third-order valence-electron chi connectivity index (χ3n) is 4.73. The molecular formula is C22H22N4O2. The smallest absolute Gasteiger partial charge is 0.331 e. The average Bonchev–Trinajstić information content (AvgIpc) is 2.66. The van der Waals surface area contributed by atoms with E-state index in [0.717, 1.165) is 32.5 Å². The van der Waals surface area contributed by atoms with E-state index in [1.807, 2.05) is 32.9 Å². The van der Waals surface area contributed by atoms with Crippen molar-refractivity contribution < 1.29 is 0 Å². The maximum atomic E-state index is 12.6. The number of hydrogen-bond donors (Lipinski definition) is 1. The minimum absolute atomic E-state index is 0.305. The molecule has 0 amide bonds. The van der Waals surface area contributed by atoms with Crippen LogP contribution in [0.3, 0.4) is 0 Å². The monoisotopic (exact) mass is 374 g/mol. The molecule has 1 N–H and O–H groups in total. The average molecular weight is 374 g/mol. The van der Waals surface area contributed by atoms with Gasteiger partial charge < -0.3 is 5.32 Å². The van der Waals surface area contributed by atoms with E-state index in [2.05, 4.69) is 11.4 Å².